The molecule has 0 radical (unpaired) electrons. The smallest absolute Gasteiger partial charge is 0.126 e. The molecule has 2 aromatic rings. The van der Waals surface area contributed by atoms with Gasteiger partial charge >= 0.3 is 0 Å². The van der Waals surface area contributed by atoms with Crippen LogP contribution in [0.5, 0.6) is 5.75 Å². The fourth-order valence-corrected chi connectivity index (χ4v) is 6.26. The Bertz CT molecular complexity index is 894. The Hall–Kier alpha value is -1.65. The number of hydrogen-bond acceptors (Lipinski definition) is 4. The van der Waals surface area contributed by atoms with Gasteiger partial charge < -0.3 is 15.0 Å². The number of nitrogens with zero attached hydrogens (tertiary/aromatic N) is 1. The summed E-state index contributed by atoms with van der Waals surface area (Å²) < 4.78 is 5.82. The lowest BCUT2D eigenvalue weighted by Crippen LogP contribution is -2.44. The molecule has 0 aromatic heterocycles. The maximum Gasteiger partial charge on any atom is 0.126 e. The standard InChI is InChI=1S/C24H30N2OS/c1-15(2)16-5-6-18(22(12-16)27-3)17-11-19-20-14-25-8-7-21(20)26-9-4-10-28-23(13-17)24(19)26/h5-6,11-13,15,20-21,25H,4,7-10,14H2,1-3H3/t20-,21-/m1/s1. The zero-order chi connectivity index (χ0) is 19.3. The molecule has 0 unspecified atom stereocenters. The molecule has 2 aromatic carbocycles. The highest BCUT2D eigenvalue weighted by atomic mass is 32.2. The second-order valence-electron chi connectivity index (χ2n) is 8.59. The molecule has 0 saturated carbocycles. The normalized spacial score (nSPS) is 23.4. The highest BCUT2D eigenvalue weighted by Gasteiger charge is 2.42. The number of benzene rings is 2. The van der Waals surface area contributed by atoms with Crippen molar-refractivity contribution in [2.75, 3.05) is 37.4 Å². The number of nitrogens with one attached hydrogen (secondary N) is 1. The molecule has 0 bridgehead atoms. The zero-order valence-electron chi connectivity index (χ0n) is 17.1. The molecule has 3 heterocycles. The number of anilines is 1. The Kier molecular flexibility index (Phi) is 4.80. The van der Waals surface area contributed by atoms with Crippen molar-refractivity contribution in [1.29, 1.82) is 0 Å². The van der Waals surface area contributed by atoms with Crippen molar-refractivity contribution < 1.29 is 4.74 Å². The molecular formula is C24H30N2OS. The van der Waals surface area contributed by atoms with Crippen LogP contribution in [0, 0.1) is 0 Å². The molecule has 28 heavy (non-hydrogen) atoms. The van der Waals surface area contributed by atoms with Crippen LogP contribution in [0.1, 0.15) is 49.7 Å². The summed E-state index contributed by atoms with van der Waals surface area (Å²) in [6.45, 7) is 7.92. The van der Waals surface area contributed by atoms with Gasteiger partial charge in [-0.05, 0) is 65.9 Å². The molecule has 0 spiro atoms. The summed E-state index contributed by atoms with van der Waals surface area (Å²) in [6, 6.07) is 12.3. The topological polar surface area (TPSA) is 24.5 Å². The summed E-state index contributed by atoms with van der Waals surface area (Å²) in [7, 11) is 1.79. The quantitative estimate of drug-likeness (QED) is 0.769. The molecule has 5 rings (SSSR count). The van der Waals surface area contributed by atoms with Crippen molar-refractivity contribution in [2.24, 2.45) is 0 Å². The Morgan fingerprint density at radius 3 is 2.93 bits per heavy atom. The van der Waals surface area contributed by atoms with Gasteiger partial charge in [-0.25, -0.2) is 0 Å². The Balaban J connectivity index is 1.65. The van der Waals surface area contributed by atoms with Crippen LogP contribution in [0.25, 0.3) is 11.1 Å². The second-order valence-corrected chi connectivity index (χ2v) is 9.73. The fraction of sp³-hybridized carbons (Fsp3) is 0.500. The average Bonchev–Trinajstić information content (AvgIpc) is 2.88. The second kappa shape index (κ2) is 7.31. The van der Waals surface area contributed by atoms with Crippen molar-refractivity contribution in [3.05, 3.63) is 41.5 Å². The Morgan fingerprint density at radius 1 is 1.21 bits per heavy atom. The van der Waals surface area contributed by atoms with Gasteiger partial charge in [0, 0.05) is 35.5 Å². The van der Waals surface area contributed by atoms with E-state index in [1.807, 2.05) is 11.8 Å². The van der Waals surface area contributed by atoms with E-state index < -0.39 is 0 Å². The number of methoxy groups -OCH3 is 1. The zero-order valence-corrected chi connectivity index (χ0v) is 17.9. The first-order valence-electron chi connectivity index (χ1n) is 10.6. The number of piperidine rings is 1. The van der Waals surface area contributed by atoms with E-state index in [1.54, 1.807) is 12.7 Å². The van der Waals surface area contributed by atoms with Gasteiger partial charge in [0.2, 0.25) is 0 Å². The van der Waals surface area contributed by atoms with E-state index in [0.717, 1.165) is 18.8 Å². The van der Waals surface area contributed by atoms with E-state index in [1.165, 1.54) is 52.4 Å². The first kappa shape index (κ1) is 18.4. The van der Waals surface area contributed by atoms with Crippen LogP contribution in [0.15, 0.2) is 35.2 Å². The van der Waals surface area contributed by atoms with Crippen molar-refractivity contribution in [3.8, 4) is 16.9 Å². The van der Waals surface area contributed by atoms with Crippen molar-refractivity contribution >= 4 is 17.4 Å². The van der Waals surface area contributed by atoms with Gasteiger partial charge in [-0.15, -0.1) is 11.8 Å². The van der Waals surface area contributed by atoms with Crippen molar-refractivity contribution in [2.45, 2.75) is 49.5 Å². The van der Waals surface area contributed by atoms with E-state index in [-0.39, 0.29) is 0 Å². The summed E-state index contributed by atoms with van der Waals surface area (Å²) in [5, 5.41) is 3.64. The molecule has 0 aliphatic carbocycles. The molecule has 4 heteroatoms. The van der Waals surface area contributed by atoms with Crippen molar-refractivity contribution in [3.63, 3.8) is 0 Å². The summed E-state index contributed by atoms with van der Waals surface area (Å²) >= 11 is 2.04. The number of thioether (sulfide) groups is 1. The minimum atomic E-state index is 0.505. The van der Waals surface area contributed by atoms with Crippen LogP contribution >= 0.6 is 11.8 Å². The third-order valence-corrected chi connectivity index (χ3v) is 7.76. The molecule has 1 saturated heterocycles. The van der Waals surface area contributed by atoms with Crippen LogP contribution in [0.3, 0.4) is 0 Å². The van der Waals surface area contributed by atoms with Gasteiger partial charge in [0.15, 0.2) is 0 Å². The molecule has 148 valence electrons. The highest BCUT2D eigenvalue weighted by Crippen LogP contribution is 2.51. The fourth-order valence-electron chi connectivity index (χ4n) is 5.19. The molecule has 3 aliphatic heterocycles. The first-order valence-corrected chi connectivity index (χ1v) is 11.6. The van der Waals surface area contributed by atoms with Gasteiger partial charge in [-0.3, -0.25) is 0 Å². The molecule has 2 atom stereocenters. The molecule has 1 N–H and O–H groups in total. The summed E-state index contributed by atoms with van der Waals surface area (Å²) in [4.78, 5) is 4.20. The SMILES string of the molecule is COc1cc(C(C)C)ccc1-c1cc2c3c(c1)[C@H]1CNCC[C@H]1N3CCCS2. The summed E-state index contributed by atoms with van der Waals surface area (Å²) in [5.41, 5.74) is 6.94. The van der Waals surface area contributed by atoms with Crippen LogP contribution in [-0.2, 0) is 0 Å². The van der Waals surface area contributed by atoms with Gasteiger partial charge in [0.1, 0.15) is 5.75 Å². The van der Waals surface area contributed by atoms with Crippen LogP contribution in [0.4, 0.5) is 5.69 Å². The van der Waals surface area contributed by atoms with Crippen molar-refractivity contribution in [1.82, 2.24) is 5.32 Å². The van der Waals surface area contributed by atoms with Crippen LogP contribution in [-0.4, -0.2) is 38.5 Å². The Morgan fingerprint density at radius 2 is 2.11 bits per heavy atom. The average molecular weight is 395 g/mol. The highest BCUT2D eigenvalue weighted by molar-refractivity contribution is 7.99. The van der Waals surface area contributed by atoms with Crippen LogP contribution < -0.4 is 15.0 Å². The minimum absolute atomic E-state index is 0.505. The summed E-state index contributed by atoms with van der Waals surface area (Å²) in [5.74, 6) is 3.32. The lowest BCUT2D eigenvalue weighted by atomic mass is 9.88. The monoisotopic (exact) mass is 394 g/mol. The van der Waals surface area contributed by atoms with E-state index in [4.69, 9.17) is 4.74 Å². The minimum Gasteiger partial charge on any atom is -0.496 e. The van der Waals surface area contributed by atoms with E-state index in [2.05, 4.69) is 54.4 Å². The number of ether oxygens (including phenoxy) is 1. The summed E-state index contributed by atoms with van der Waals surface area (Å²) in [6.07, 6.45) is 2.53. The largest absolute Gasteiger partial charge is 0.496 e. The van der Waals surface area contributed by atoms with Gasteiger partial charge in [-0.2, -0.15) is 0 Å². The first-order chi connectivity index (χ1) is 13.7. The third kappa shape index (κ3) is 2.93. The predicted molar refractivity (Wildman–Crippen MR) is 119 cm³/mol. The molecular weight excluding hydrogens is 364 g/mol. The van der Waals surface area contributed by atoms with Gasteiger partial charge in [0.05, 0.1) is 12.8 Å². The van der Waals surface area contributed by atoms with Gasteiger partial charge in [-0.1, -0.05) is 26.0 Å². The predicted octanol–water partition coefficient (Wildman–Crippen LogP) is 5.25. The third-order valence-electron chi connectivity index (χ3n) is 6.64. The lowest BCUT2D eigenvalue weighted by Gasteiger charge is -2.33. The lowest BCUT2D eigenvalue weighted by molar-refractivity contribution is 0.403. The molecule has 3 aliphatic rings. The van der Waals surface area contributed by atoms with E-state index >= 15 is 0 Å². The number of fused-ring (bicyclic) bond motifs is 3. The molecule has 3 nitrogen and oxygen atoms in total. The van der Waals surface area contributed by atoms with Crippen LogP contribution in [0.2, 0.25) is 0 Å². The Labute approximate surface area is 172 Å². The van der Waals surface area contributed by atoms with E-state index in [0.29, 0.717) is 17.9 Å². The maximum absolute atomic E-state index is 5.82. The van der Waals surface area contributed by atoms with Gasteiger partial charge in [0.25, 0.3) is 0 Å². The number of hydrogen-bond donors (Lipinski definition) is 1. The molecule has 0 amide bonds. The maximum atomic E-state index is 5.82. The van der Waals surface area contributed by atoms with E-state index in [9.17, 15) is 0 Å². The number of rotatable bonds is 3. The molecule has 1 fully saturated rings.